The lowest BCUT2D eigenvalue weighted by Gasteiger charge is -2.24. The van der Waals surface area contributed by atoms with Gasteiger partial charge in [0.1, 0.15) is 11.0 Å². The summed E-state index contributed by atoms with van der Waals surface area (Å²) in [6.07, 6.45) is -0.606. The maximum atomic E-state index is 13.1. The van der Waals surface area contributed by atoms with Crippen LogP contribution in [0.5, 0.6) is 0 Å². The molecule has 1 amide bonds. The van der Waals surface area contributed by atoms with E-state index in [9.17, 15) is 13.2 Å². The second kappa shape index (κ2) is 7.91. The van der Waals surface area contributed by atoms with Crippen LogP contribution in [0.15, 0.2) is 59.5 Å². The van der Waals surface area contributed by atoms with Crippen molar-refractivity contribution in [2.75, 3.05) is 0 Å². The van der Waals surface area contributed by atoms with Gasteiger partial charge in [-0.05, 0) is 45.4 Å². The molecule has 0 aromatic heterocycles. The Bertz CT molecular complexity index is 838. The summed E-state index contributed by atoms with van der Waals surface area (Å²) in [6, 6.07) is 15.8. The van der Waals surface area contributed by atoms with Crippen molar-refractivity contribution in [2.24, 2.45) is 0 Å². The number of amides is 1. The minimum absolute atomic E-state index is 0.149. The molecule has 0 aliphatic heterocycles. The van der Waals surface area contributed by atoms with E-state index in [-0.39, 0.29) is 11.3 Å². The summed E-state index contributed by atoms with van der Waals surface area (Å²) < 4.78 is 31.4. The molecule has 0 bridgehead atoms. The van der Waals surface area contributed by atoms with Crippen LogP contribution in [0.25, 0.3) is 0 Å². The second-order valence-electron chi connectivity index (χ2n) is 7.18. The second-order valence-corrected chi connectivity index (χ2v) is 9.31. The number of benzene rings is 2. The van der Waals surface area contributed by atoms with Crippen molar-refractivity contribution in [1.82, 2.24) is 5.32 Å². The first kappa shape index (κ1) is 20.0. The van der Waals surface area contributed by atoms with Crippen LogP contribution in [0.2, 0.25) is 0 Å². The zero-order valence-electron chi connectivity index (χ0n) is 15.5. The number of carbonyl (C=O) groups excluding carboxylic acids is 1. The highest BCUT2D eigenvalue weighted by molar-refractivity contribution is 7.92. The summed E-state index contributed by atoms with van der Waals surface area (Å²) in [5.41, 5.74) is 1.06. The van der Waals surface area contributed by atoms with Gasteiger partial charge in [-0.1, -0.05) is 48.0 Å². The number of alkyl carbamates (subject to hydrolysis) is 1. The molecule has 26 heavy (non-hydrogen) atoms. The third-order valence-corrected chi connectivity index (χ3v) is 5.63. The van der Waals surface area contributed by atoms with Crippen molar-refractivity contribution < 1.29 is 17.9 Å². The van der Waals surface area contributed by atoms with Crippen LogP contribution >= 0.6 is 0 Å². The van der Waals surface area contributed by atoms with Crippen LogP contribution < -0.4 is 5.32 Å². The molecule has 2 rings (SSSR count). The molecule has 1 unspecified atom stereocenters. The Balaban J connectivity index is 2.32. The Morgan fingerprint density at radius 3 is 2.15 bits per heavy atom. The molecular formula is C20H25NO4S. The van der Waals surface area contributed by atoms with Gasteiger partial charge in [0.25, 0.3) is 0 Å². The maximum Gasteiger partial charge on any atom is 0.408 e. The van der Waals surface area contributed by atoms with E-state index in [0.29, 0.717) is 0 Å². The predicted molar refractivity (Wildman–Crippen MR) is 102 cm³/mol. The van der Waals surface area contributed by atoms with Crippen LogP contribution in [0.1, 0.15) is 31.9 Å². The van der Waals surface area contributed by atoms with Gasteiger partial charge in [0.05, 0.1) is 4.90 Å². The van der Waals surface area contributed by atoms with Crippen molar-refractivity contribution in [3.63, 3.8) is 0 Å². The number of aryl methyl sites for hydroxylation is 1. The first-order chi connectivity index (χ1) is 12.1. The first-order valence-corrected chi connectivity index (χ1v) is 9.96. The fourth-order valence-corrected chi connectivity index (χ4v) is 3.90. The number of sulfone groups is 1. The molecule has 0 aliphatic carbocycles. The van der Waals surface area contributed by atoms with Crippen LogP contribution in [0.4, 0.5) is 4.79 Å². The SMILES string of the molecule is Cc1ccc(S(=O)(=O)C(Cc2ccccc2)NC(=O)OC(C)(C)C)cc1. The standard InChI is InChI=1S/C20H25NO4S/c1-15-10-12-17(13-11-15)26(23,24)18(14-16-8-6-5-7-9-16)21-19(22)25-20(2,3)4/h5-13,18H,14H2,1-4H3,(H,21,22). The topological polar surface area (TPSA) is 72.5 Å². The van der Waals surface area contributed by atoms with Crippen molar-refractivity contribution in [3.05, 3.63) is 65.7 Å². The Kier molecular flexibility index (Phi) is 6.08. The molecule has 5 nitrogen and oxygen atoms in total. The Labute approximate surface area is 155 Å². The van der Waals surface area contributed by atoms with E-state index < -0.39 is 26.9 Å². The third-order valence-electron chi connectivity index (χ3n) is 3.67. The molecule has 0 aliphatic rings. The van der Waals surface area contributed by atoms with Crippen LogP contribution in [0.3, 0.4) is 0 Å². The highest BCUT2D eigenvalue weighted by Crippen LogP contribution is 2.19. The molecule has 2 aromatic rings. The van der Waals surface area contributed by atoms with Gasteiger partial charge >= 0.3 is 6.09 Å². The lowest BCUT2D eigenvalue weighted by molar-refractivity contribution is 0.0520. The molecule has 0 fully saturated rings. The van der Waals surface area contributed by atoms with Gasteiger partial charge in [-0.2, -0.15) is 0 Å². The zero-order valence-corrected chi connectivity index (χ0v) is 16.3. The van der Waals surface area contributed by atoms with Gasteiger partial charge in [-0.15, -0.1) is 0 Å². The van der Waals surface area contributed by atoms with Crippen LogP contribution in [-0.4, -0.2) is 25.5 Å². The largest absolute Gasteiger partial charge is 0.444 e. The summed E-state index contributed by atoms with van der Waals surface area (Å²) >= 11 is 0. The molecule has 0 heterocycles. The van der Waals surface area contributed by atoms with E-state index in [4.69, 9.17) is 4.74 Å². The number of carbonyl (C=O) groups is 1. The van der Waals surface area contributed by atoms with Crippen molar-refractivity contribution in [1.29, 1.82) is 0 Å². The summed E-state index contributed by atoms with van der Waals surface area (Å²) in [5.74, 6) is 0. The molecule has 0 spiro atoms. The average Bonchev–Trinajstić information content (AvgIpc) is 2.54. The van der Waals surface area contributed by atoms with E-state index in [0.717, 1.165) is 11.1 Å². The van der Waals surface area contributed by atoms with E-state index in [1.807, 2.05) is 37.3 Å². The molecule has 0 radical (unpaired) electrons. The number of ether oxygens (including phenoxy) is 1. The minimum atomic E-state index is -3.78. The third kappa shape index (κ3) is 5.59. The molecule has 6 heteroatoms. The Morgan fingerprint density at radius 2 is 1.62 bits per heavy atom. The number of rotatable bonds is 5. The van der Waals surface area contributed by atoms with Gasteiger partial charge < -0.3 is 10.1 Å². The quantitative estimate of drug-likeness (QED) is 0.861. The summed E-state index contributed by atoms with van der Waals surface area (Å²) in [7, 11) is -3.78. The highest BCUT2D eigenvalue weighted by atomic mass is 32.2. The van der Waals surface area contributed by atoms with Crippen molar-refractivity contribution in [3.8, 4) is 0 Å². The molecule has 1 N–H and O–H groups in total. The number of hydrogen-bond acceptors (Lipinski definition) is 4. The lowest BCUT2D eigenvalue weighted by Crippen LogP contribution is -2.44. The highest BCUT2D eigenvalue weighted by Gasteiger charge is 2.31. The molecule has 1 atom stereocenters. The summed E-state index contributed by atoms with van der Waals surface area (Å²) in [6.45, 7) is 7.07. The summed E-state index contributed by atoms with van der Waals surface area (Å²) in [5, 5.41) is 1.40. The summed E-state index contributed by atoms with van der Waals surface area (Å²) in [4.78, 5) is 12.4. The first-order valence-electron chi connectivity index (χ1n) is 8.42. The van der Waals surface area contributed by atoms with Gasteiger partial charge in [0.2, 0.25) is 0 Å². The van der Waals surface area contributed by atoms with E-state index >= 15 is 0 Å². The van der Waals surface area contributed by atoms with E-state index in [1.54, 1.807) is 45.0 Å². The number of hydrogen-bond donors (Lipinski definition) is 1. The molecular weight excluding hydrogens is 350 g/mol. The van der Waals surface area contributed by atoms with Gasteiger partial charge in [-0.25, -0.2) is 13.2 Å². The molecule has 0 saturated heterocycles. The van der Waals surface area contributed by atoms with Gasteiger partial charge in [0, 0.05) is 6.42 Å². The smallest absolute Gasteiger partial charge is 0.408 e. The molecule has 2 aromatic carbocycles. The molecule has 0 saturated carbocycles. The van der Waals surface area contributed by atoms with E-state index in [1.165, 1.54) is 0 Å². The number of nitrogens with one attached hydrogen (secondary N) is 1. The van der Waals surface area contributed by atoms with Crippen molar-refractivity contribution in [2.45, 2.75) is 50.0 Å². The average molecular weight is 375 g/mol. The van der Waals surface area contributed by atoms with Gasteiger partial charge in [0.15, 0.2) is 9.84 Å². The monoisotopic (exact) mass is 375 g/mol. The Hall–Kier alpha value is -2.34. The molecule has 140 valence electrons. The fourth-order valence-electron chi connectivity index (χ4n) is 2.40. The zero-order chi connectivity index (χ0) is 19.4. The van der Waals surface area contributed by atoms with Crippen LogP contribution in [-0.2, 0) is 21.0 Å². The fraction of sp³-hybridized carbons (Fsp3) is 0.350. The minimum Gasteiger partial charge on any atom is -0.444 e. The van der Waals surface area contributed by atoms with Crippen molar-refractivity contribution >= 4 is 15.9 Å². The van der Waals surface area contributed by atoms with Gasteiger partial charge in [-0.3, -0.25) is 0 Å². The predicted octanol–water partition coefficient (Wildman–Crippen LogP) is 3.86. The normalized spacial score (nSPS) is 13.1. The lowest BCUT2D eigenvalue weighted by atomic mass is 10.1. The van der Waals surface area contributed by atoms with Crippen LogP contribution in [0, 0.1) is 6.92 Å². The maximum absolute atomic E-state index is 13.1. The Morgan fingerprint density at radius 1 is 1.04 bits per heavy atom. The van der Waals surface area contributed by atoms with E-state index in [2.05, 4.69) is 5.32 Å².